The molecule has 0 aliphatic rings. The maximum Gasteiger partial charge on any atom is 0.272 e. The highest BCUT2D eigenvalue weighted by Crippen LogP contribution is 2.27. The summed E-state index contributed by atoms with van der Waals surface area (Å²) in [4.78, 5) is 38.1. The Morgan fingerprint density at radius 2 is 1.74 bits per heavy atom. The van der Waals surface area contributed by atoms with Crippen molar-refractivity contribution in [2.45, 2.75) is 4.21 Å². The van der Waals surface area contributed by atoms with Crippen molar-refractivity contribution < 1.29 is 0 Å². The molecule has 0 aliphatic carbocycles. The van der Waals surface area contributed by atoms with Crippen LogP contribution in [-0.4, -0.2) is 46.2 Å². The van der Waals surface area contributed by atoms with Gasteiger partial charge in [0.15, 0.2) is 0 Å². The first-order valence-electron chi connectivity index (χ1n) is 9.77. The van der Waals surface area contributed by atoms with Crippen LogP contribution in [0.4, 0.5) is 0 Å². The van der Waals surface area contributed by atoms with Crippen molar-refractivity contribution in [1.82, 2.24) is 19.9 Å². The van der Waals surface area contributed by atoms with E-state index in [2.05, 4.69) is 33.9 Å². The summed E-state index contributed by atoms with van der Waals surface area (Å²) >= 11 is 3.38. The van der Waals surface area contributed by atoms with Gasteiger partial charge in [-0.15, -0.1) is 23.1 Å². The monoisotopic (exact) mass is 450 g/mol. The normalized spacial score (nSPS) is 12.9. The molecule has 0 aliphatic heterocycles. The zero-order valence-electron chi connectivity index (χ0n) is 17.2. The number of H-pyrrole nitrogens is 2. The molecule has 0 saturated carbocycles. The van der Waals surface area contributed by atoms with E-state index in [9.17, 15) is 9.59 Å². The summed E-state index contributed by atoms with van der Waals surface area (Å²) in [6.07, 6.45) is 5.08. The molecule has 0 radical (unpaired) electrons. The number of pyridine rings is 1. The Morgan fingerprint density at radius 3 is 2.52 bits per heavy atom. The lowest BCUT2D eigenvalue weighted by Gasteiger charge is -2.07. The molecule has 158 valence electrons. The number of benzene rings is 1. The fraction of sp³-hybridized carbons (Fsp3) is 0.174. The lowest BCUT2D eigenvalue weighted by Crippen LogP contribution is -2.46. The standard InChI is InChI=1S/C23H22N4O2S2/c1-27(2)11-12-30-21-8-7-16(31-21)14-20-23(29)25-19(22(28)26-20)13-15-9-10-24-18-6-4-3-5-17(15)18/h3-10,13-14H,11-12H2,1-2H3,(H,25,29)(H,26,28)/b19-13-,20-14-. The van der Waals surface area contributed by atoms with E-state index in [1.807, 2.05) is 42.5 Å². The first-order chi connectivity index (χ1) is 15.0. The molecule has 0 saturated heterocycles. The molecular weight excluding hydrogens is 428 g/mol. The third kappa shape index (κ3) is 5.22. The minimum Gasteiger partial charge on any atom is -0.316 e. The molecule has 2 N–H and O–H groups in total. The Balaban J connectivity index is 1.67. The highest BCUT2D eigenvalue weighted by molar-refractivity contribution is 8.01. The molecule has 1 aromatic carbocycles. The molecule has 31 heavy (non-hydrogen) atoms. The Bertz CT molecular complexity index is 1450. The van der Waals surface area contributed by atoms with Crippen molar-refractivity contribution in [3.63, 3.8) is 0 Å². The molecule has 0 atom stereocenters. The van der Waals surface area contributed by atoms with Crippen LogP contribution >= 0.6 is 23.1 Å². The van der Waals surface area contributed by atoms with Gasteiger partial charge in [0.25, 0.3) is 11.1 Å². The predicted octanol–water partition coefficient (Wildman–Crippen LogP) is 1.98. The Hall–Kier alpha value is -2.94. The highest BCUT2D eigenvalue weighted by atomic mass is 32.2. The average molecular weight is 451 g/mol. The van der Waals surface area contributed by atoms with Gasteiger partial charge in [-0.1, -0.05) is 18.2 Å². The topological polar surface area (TPSA) is 81.8 Å². The van der Waals surface area contributed by atoms with E-state index in [1.54, 1.807) is 41.4 Å². The molecule has 4 aromatic rings. The minimum absolute atomic E-state index is 0.213. The van der Waals surface area contributed by atoms with Gasteiger partial charge >= 0.3 is 0 Å². The number of nitrogens with one attached hydrogen (secondary N) is 2. The Morgan fingerprint density at radius 1 is 1.00 bits per heavy atom. The molecule has 4 rings (SSSR count). The molecule has 6 nitrogen and oxygen atoms in total. The summed E-state index contributed by atoms with van der Waals surface area (Å²) in [6.45, 7) is 0.999. The van der Waals surface area contributed by atoms with Crippen molar-refractivity contribution >= 4 is 46.2 Å². The smallest absolute Gasteiger partial charge is 0.272 e. The van der Waals surface area contributed by atoms with Gasteiger partial charge in [-0.3, -0.25) is 14.6 Å². The van der Waals surface area contributed by atoms with Crippen LogP contribution in [0.25, 0.3) is 23.1 Å². The number of fused-ring (bicyclic) bond motifs is 1. The van der Waals surface area contributed by atoms with Gasteiger partial charge in [-0.05, 0) is 56.1 Å². The van der Waals surface area contributed by atoms with Crippen molar-refractivity contribution in [1.29, 1.82) is 0 Å². The Labute approximate surface area is 187 Å². The number of aromatic amines is 2. The summed E-state index contributed by atoms with van der Waals surface area (Å²) in [5.74, 6) is 0.999. The van der Waals surface area contributed by atoms with E-state index in [1.165, 1.54) is 4.21 Å². The number of thioether (sulfide) groups is 1. The molecule has 0 unspecified atom stereocenters. The van der Waals surface area contributed by atoms with Gasteiger partial charge < -0.3 is 14.9 Å². The van der Waals surface area contributed by atoms with E-state index in [-0.39, 0.29) is 21.8 Å². The maximum absolute atomic E-state index is 12.6. The Kier molecular flexibility index (Phi) is 6.50. The summed E-state index contributed by atoms with van der Waals surface area (Å²) < 4.78 is 1.18. The van der Waals surface area contributed by atoms with Crippen LogP contribution in [0.5, 0.6) is 0 Å². The third-order valence-electron chi connectivity index (χ3n) is 4.64. The van der Waals surface area contributed by atoms with Crippen LogP contribution in [-0.2, 0) is 0 Å². The molecule has 8 heteroatoms. The number of rotatable bonds is 6. The quantitative estimate of drug-likeness (QED) is 0.439. The lowest BCUT2D eigenvalue weighted by molar-refractivity contribution is 0.437. The second kappa shape index (κ2) is 9.47. The molecule has 3 heterocycles. The van der Waals surface area contributed by atoms with E-state index in [0.717, 1.165) is 33.6 Å². The average Bonchev–Trinajstić information content (AvgIpc) is 3.19. The third-order valence-corrected chi connectivity index (χ3v) is 6.88. The molecule has 0 amide bonds. The van der Waals surface area contributed by atoms with Crippen LogP contribution in [0.2, 0.25) is 0 Å². The summed E-state index contributed by atoms with van der Waals surface area (Å²) in [5.41, 5.74) is 0.973. The first kappa shape index (κ1) is 21.3. The molecular formula is C23H22N4O2S2. The van der Waals surface area contributed by atoms with Crippen molar-refractivity contribution in [2.24, 2.45) is 0 Å². The molecule has 3 aromatic heterocycles. The van der Waals surface area contributed by atoms with Crippen LogP contribution in [0.1, 0.15) is 10.4 Å². The van der Waals surface area contributed by atoms with Crippen molar-refractivity contribution in [3.8, 4) is 0 Å². The molecule has 0 fully saturated rings. The van der Waals surface area contributed by atoms with Crippen LogP contribution in [0, 0.1) is 0 Å². The number of aromatic nitrogens is 3. The van der Waals surface area contributed by atoms with Gasteiger partial charge in [0, 0.05) is 28.8 Å². The zero-order valence-corrected chi connectivity index (χ0v) is 18.8. The van der Waals surface area contributed by atoms with Crippen LogP contribution in [0.15, 0.2) is 62.5 Å². The van der Waals surface area contributed by atoms with E-state index in [4.69, 9.17) is 0 Å². The largest absolute Gasteiger partial charge is 0.316 e. The molecule has 0 bridgehead atoms. The highest BCUT2D eigenvalue weighted by Gasteiger charge is 2.03. The fourth-order valence-corrected chi connectivity index (χ4v) is 5.33. The van der Waals surface area contributed by atoms with Gasteiger partial charge in [0.05, 0.1) is 9.73 Å². The number of hydrogen-bond acceptors (Lipinski definition) is 6. The van der Waals surface area contributed by atoms with E-state index < -0.39 is 0 Å². The number of thiophene rings is 1. The number of nitrogens with zero attached hydrogens (tertiary/aromatic N) is 2. The summed E-state index contributed by atoms with van der Waals surface area (Å²) in [6, 6.07) is 13.5. The minimum atomic E-state index is -0.344. The first-order valence-corrected chi connectivity index (χ1v) is 11.6. The SMILES string of the molecule is CN(C)CCSc1ccc(/C=c2\[nH]c(=O)/c(=C/c3ccnc4ccccc34)[nH]c2=O)s1. The zero-order chi connectivity index (χ0) is 21.8. The van der Waals surface area contributed by atoms with Crippen molar-refractivity contribution in [3.05, 3.63) is 90.5 Å². The van der Waals surface area contributed by atoms with Gasteiger partial charge in [0.1, 0.15) is 10.7 Å². The number of para-hydroxylation sites is 1. The lowest BCUT2D eigenvalue weighted by atomic mass is 10.1. The van der Waals surface area contributed by atoms with Crippen molar-refractivity contribution in [2.75, 3.05) is 26.4 Å². The van der Waals surface area contributed by atoms with E-state index >= 15 is 0 Å². The van der Waals surface area contributed by atoms with Gasteiger partial charge in [0.2, 0.25) is 0 Å². The second-order valence-corrected chi connectivity index (χ2v) is 9.76. The van der Waals surface area contributed by atoms with Gasteiger partial charge in [-0.2, -0.15) is 0 Å². The van der Waals surface area contributed by atoms with Crippen LogP contribution in [0.3, 0.4) is 0 Å². The molecule has 0 spiro atoms. The summed E-state index contributed by atoms with van der Waals surface area (Å²) in [7, 11) is 4.10. The van der Waals surface area contributed by atoms with Crippen LogP contribution < -0.4 is 21.8 Å². The predicted molar refractivity (Wildman–Crippen MR) is 129 cm³/mol. The fourth-order valence-electron chi connectivity index (χ4n) is 3.06. The number of hydrogen-bond donors (Lipinski definition) is 2. The second-order valence-electron chi connectivity index (χ2n) is 7.25. The van der Waals surface area contributed by atoms with Gasteiger partial charge in [-0.25, -0.2) is 0 Å². The van der Waals surface area contributed by atoms with E-state index in [0.29, 0.717) is 0 Å². The maximum atomic E-state index is 12.6. The summed E-state index contributed by atoms with van der Waals surface area (Å²) in [5, 5.41) is 1.37.